The lowest BCUT2D eigenvalue weighted by Crippen LogP contribution is -2.30. The van der Waals surface area contributed by atoms with E-state index in [9.17, 15) is 4.79 Å². The van der Waals surface area contributed by atoms with Gasteiger partial charge < -0.3 is 10.1 Å². The molecule has 0 aliphatic heterocycles. The topological polar surface area (TPSA) is 38.3 Å². The molecule has 138 valence electrons. The predicted octanol–water partition coefficient (Wildman–Crippen LogP) is 5.22. The minimum absolute atomic E-state index is 0.119. The molecule has 0 saturated heterocycles. The monoisotopic (exact) mass is 359 g/mol. The molecule has 0 bridgehead atoms. The van der Waals surface area contributed by atoms with E-state index in [1.54, 1.807) is 6.07 Å². The van der Waals surface area contributed by atoms with Gasteiger partial charge in [0.2, 0.25) is 0 Å². The predicted molar refractivity (Wildman–Crippen MR) is 109 cm³/mol. The maximum atomic E-state index is 13.0. The third-order valence-corrected chi connectivity index (χ3v) is 4.56. The van der Waals surface area contributed by atoms with Gasteiger partial charge in [-0.25, -0.2) is 0 Å². The van der Waals surface area contributed by atoms with Gasteiger partial charge in [-0.1, -0.05) is 60.2 Å². The Kier molecular flexibility index (Phi) is 5.92. The molecule has 3 aromatic rings. The smallest absolute Gasteiger partial charge is 0.252 e. The molecule has 1 N–H and O–H groups in total. The number of benzene rings is 3. The molecule has 3 aromatic carbocycles. The Bertz CT molecular complexity index is 919. The minimum atomic E-state index is -0.214. The lowest BCUT2D eigenvalue weighted by Gasteiger charge is -2.22. The van der Waals surface area contributed by atoms with Crippen molar-refractivity contribution in [3.05, 3.63) is 101 Å². The average Bonchev–Trinajstić information content (AvgIpc) is 2.69. The minimum Gasteiger partial charge on any atom is -0.494 e. The molecular weight excluding hydrogens is 334 g/mol. The number of rotatable bonds is 6. The summed E-state index contributed by atoms with van der Waals surface area (Å²) in [6, 6.07) is 23.5. The van der Waals surface area contributed by atoms with Crippen molar-refractivity contribution in [1.29, 1.82) is 0 Å². The number of hydrogen-bond donors (Lipinski definition) is 1. The Morgan fingerprint density at radius 2 is 1.74 bits per heavy atom. The quantitative estimate of drug-likeness (QED) is 0.655. The lowest BCUT2D eigenvalue weighted by molar-refractivity contribution is 0.0942. The van der Waals surface area contributed by atoms with Crippen LogP contribution in [-0.4, -0.2) is 12.5 Å². The zero-order valence-electron chi connectivity index (χ0n) is 16.0. The van der Waals surface area contributed by atoms with Gasteiger partial charge >= 0.3 is 0 Å². The third kappa shape index (κ3) is 4.56. The van der Waals surface area contributed by atoms with Crippen LogP contribution in [0.1, 0.15) is 45.6 Å². The summed E-state index contributed by atoms with van der Waals surface area (Å²) >= 11 is 0. The first kappa shape index (κ1) is 18.7. The Balaban J connectivity index is 1.96. The number of carbonyl (C=O) groups excluding carboxylic acids is 1. The normalized spacial score (nSPS) is 11.7. The van der Waals surface area contributed by atoms with E-state index in [2.05, 4.69) is 37.4 Å². The zero-order valence-corrected chi connectivity index (χ0v) is 16.0. The van der Waals surface area contributed by atoms with Crippen LogP contribution in [0.4, 0.5) is 0 Å². The van der Waals surface area contributed by atoms with Crippen molar-refractivity contribution < 1.29 is 9.53 Å². The van der Waals surface area contributed by atoms with Crippen LogP contribution in [0.3, 0.4) is 0 Å². The van der Waals surface area contributed by atoms with Gasteiger partial charge in [0, 0.05) is 5.56 Å². The Labute approximate surface area is 161 Å². The van der Waals surface area contributed by atoms with Crippen LogP contribution in [0.25, 0.3) is 0 Å². The fourth-order valence-corrected chi connectivity index (χ4v) is 3.17. The largest absolute Gasteiger partial charge is 0.494 e. The van der Waals surface area contributed by atoms with Crippen LogP contribution in [0.2, 0.25) is 0 Å². The van der Waals surface area contributed by atoms with Gasteiger partial charge in [-0.2, -0.15) is 0 Å². The van der Waals surface area contributed by atoms with Gasteiger partial charge in [-0.3, -0.25) is 4.79 Å². The molecule has 1 atom stereocenters. The molecule has 0 aliphatic carbocycles. The number of nitrogens with one attached hydrogen (secondary N) is 1. The van der Waals surface area contributed by atoms with Crippen molar-refractivity contribution in [2.75, 3.05) is 6.61 Å². The van der Waals surface area contributed by atoms with Crippen molar-refractivity contribution in [1.82, 2.24) is 5.32 Å². The summed E-state index contributed by atoms with van der Waals surface area (Å²) in [6.45, 7) is 6.64. The molecule has 3 nitrogen and oxygen atoms in total. The van der Waals surface area contributed by atoms with E-state index in [4.69, 9.17) is 4.74 Å². The first-order valence-electron chi connectivity index (χ1n) is 9.24. The molecule has 1 unspecified atom stereocenters. The fourth-order valence-electron chi connectivity index (χ4n) is 3.17. The Morgan fingerprint density at radius 1 is 0.963 bits per heavy atom. The van der Waals surface area contributed by atoms with E-state index in [0.29, 0.717) is 17.9 Å². The summed E-state index contributed by atoms with van der Waals surface area (Å²) in [5, 5.41) is 3.21. The van der Waals surface area contributed by atoms with Crippen molar-refractivity contribution in [3.63, 3.8) is 0 Å². The Hall–Kier alpha value is -3.07. The van der Waals surface area contributed by atoms with Gasteiger partial charge in [0.1, 0.15) is 5.75 Å². The number of aryl methyl sites for hydroxylation is 2. The van der Waals surface area contributed by atoms with Gasteiger partial charge in [-0.15, -0.1) is 0 Å². The molecule has 3 rings (SSSR count). The van der Waals surface area contributed by atoms with Crippen molar-refractivity contribution in [2.45, 2.75) is 26.8 Å². The molecule has 0 aliphatic rings. The average molecular weight is 359 g/mol. The summed E-state index contributed by atoms with van der Waals surface area (Å²) in [7, 11) is 0. The highest BCUT2D eigenvalue weighted by Gasteiger charge is 2.20. The number of amides is 1. The molecule has 1 amide bonds. The van der Waals surface area contributed by atoms with E-state index >= 15 is 0 Å². The summed E-state index contributed by atoms with van der Waals surface area (Å²) < 4.78 is 5.53. The van der Waals surface area contributed by atoms with E-state index in [1.165, 1.54) is 5.56 Å². The van der Waals surface area contributed by atoms with Gasteiger partial charge in [0.15, 0.2) is 0 Å². The summed E-state index contributed by atoms with van der Waals surface area (Å²) in [5.41, 5.74) is 5.07. The van der Waals surface area contributed by atoms with Crippen LogP contribution in [0, 0.1) is 13.8 Å². The standard InChI is InChI=1S/C24H25NO2/c1-4-27-21-12-8-11-20(16-21)24(26)25-23(19-9-6-5-7-10-19)22-15-17(2)13-14-18(22)3/h5-16,23H,4H2,1-3H3,(H,25,26). The zero-order chi connectivity index (χ0) is 19.2. The maximum absolute atomic E-state index is 13.0. The molecule has 0 radical (unpaired) electrons. The highest BCUT2D eigenvalue weighted by atomic mass is 16.5. The van der Waals surface area contributed by atoms with E-state index in [-0.39, 0.29) is 11.9 Å². The number of ether oxygens (including phenoxy) is 1. The molecule has 0 saturated carbocycles. The maximum Gasteiger partial charge on any atom is 0.252 e. The molecule has 0 spiro atoms. The second-order valence-corrected chi connectivity index (χ2v) is 6.64. The highest BCUT2D eigenvalue weighted by Crippen LogP contribution is 2.26. The molecule has 27 heavy (non-hydrogen) atoms. The summed E-state index contributed by atoms with van der Waals surface area (Å²) in [4.78, 5) is 13.0. The van der Waals surface area contributed by atoms with Crippen molar-refractivity contribution in [3.8, 4) is 5.75 Å². The first-order chi connectivity index (χ1) is 13.1. The first-order valence-corrected chi connectivity index (χ1v) is 9.24. The summed E-state index contributed by atoms with van der Waals surface area (Å²) in [6.07, 6.45) is 0. The SMILES string of the molecule is CCOc1cccc(C(=O)NC(c2ccccc2)c2cc(C)ccc2C)c1. The van der Waals surface area contributed by atoms with E-state index in [1.807, 2.05) is 55.5 Å². The molecular formula is C24H25NO2. The van der Waals surface area contributed by atoms with Crippen molar-refractivity contribution in [2.24, 2.45) is 0 Å². The number of carbonyl (C=O) groups is 1. The van der Waals surface area contributed by atoms with E-state index in [0.717, 1.165) is 16.7 Å². The highest BCUT2D eigenvalue weighted by molar-refractivity contribution is 5.95. The van der Waals surface area contributed by atoms with Crippen LogP contribution >= 0.6 is 0 Å². The van der Waals surface area contributed by atoms with Crippen LogP contribution in [-0.2, 0) is 0 Å². The van der Waals surface area contributed by atoms with Crippen LogP contribution in [0.5, 0.6) is 5.75 Å². The second kappa shape index (κ2) is 8.54. The third-order valence-electron chi connectivity index (χ3n) is 4.56. The van der Waals surface area contributed by atoms with Gasteiger partial charge in [0.25, 0.3) is 5.91 Å². The van der Waals surface area contributed by atoms with Crippen LogP contribution < -0.4 is 10.1 Å². The van der Waals surface area contributed by atoms with Gasteiger partial charge in [0.05, 0.1) is 12.6 Å². The van der Waals surface area contributed by atoms with Gasteiger partial charge in [-0.05, 0) is 55.7 Å². The van der Waals surface area contributed by atoms with E-state index < -0.39 is 0 Å². The number of hydrogen-bond acceptors (Lipinski definition) is 2. The molecule has 0 fully saturated rings. The molecule has 0 aromatic heterocycles. The second-order valence-electron chi connectivity index (χ2n) is 6.64. The molecule has 0 heterocycles. The van der Waals surface area contributed by atoms with Crippen LogP contribution in [0.15, 0.2) is 72.8 Å². The summed E-state index contributed by atoms with van der Waals surface area (Å²) in [5.74, 6) is 0.583. The van der Waals surface area contributed by atoms with Crippen molar-refractivity contribution >= 4 is 5.91 Å². The Morgan fingerprint density at radius 3 is 2.48 bits per heavy atom. The fraction of sp³-hybridized carbons (Fsp3) is 0.208. The molecule has 3 heteroatoms. The lowest BCUT2D eigenvalue weighted by atomic mass is 9.93.